The molecule has 0 amide bonds. The number of benzene rings is 1. The lowest BCUT2D eigenvalue weighted by Gasteiger charge is -2.25. The molecule has 1 aromatic heterocycles. The normalized spacial score (nSPS) is 17.4. The van der Waals surface area contributed by atoms with Crippen LogP contribution in [0.3, 0.4) is 0 Å². The van der Waals surface area contributed by atoms with Gasteiger partial charge in [-0.15, -0.1) is 0 Å². The fourth-order valence-corrected chi connectivity index (χ4v) is 2.57. The molecule has 1 unspecified atom stereocenters. The van der Waals surface area contributed by atoms with E-state index in [1.807, 2.05) is 0 Å². The number of hydrogen-bond acceptors (Lipinski definition) is 4. The zero-order valence-corrected chi connectivity index (χ0v) is 11.5. The Morgan fingerprint density at radius 1 is 1.38 bits per heavy atom. The second-order valence-electron chi connectivity index (χ2n) is 5.09. The van der Waals surface area contributed by atoms with Crippen LogP contribution in [0.1, 0.15) is 30.3 Å². The van der Waals surface area contributed by atoms with Crippen LogP contribution in [0.5, 0.6) is 0 Å². The molecule has 21 heavy (non-hydrogen) atoms. The predicted octanol–water partition coefficient (Wildman–Crippen LogP) is 1.85. The Balaban J connectivity index is 1.94. The van der Waals surface area contributed by atoms with Crippen molar-refractivity contribution in [2.24, 2.45) is 5.73 Å². The number of rotatable bonds is 4. The van der Waals surface area contributed by atoms with E-state index < -0.39 is 11.6 Å². The van der Waals surface area contributed by atoms with Crippen LogP contribution >= 0.6 is 0 Å². The molecule has 2 aromatic rings. The first-order valence-electron chi connectivity index (χ1n) is 7.03. The average molecular weight is 293 g/mol. The zero-order chi connectivity index (χ0) is 14.8. The molecule has 0 radical (unpaired) electrons. The Morgan fingerprint density at radius 2 is 2.24 bits per heavy atom. The highest BCUT2D eigenvalue weighted by molar-refractivity contribution is 5.33. The van der Waals surface area contributed by atoms with E-state index in [1.165, 1.54) is 12.1 Å². The van der Waals surface area contributed by atoms with Gasteiger partial charge in [-0.05, 0) is 25.5 Å². The van der Waals surface area contributed by atoms with Crippen molar-refractivity contribution < 1.29 is 8.78 Å². The van der Waals surface area contributed by atoms with Crippen molar-refractivity contribution in [1.29, 1.82) is 0 Å². The van der Waals surface area contributed by atoms with Gasteiger partial charge in [0, 0.05) is 24.6 Å². The molecule has 1 aliphatic rings. The summed E-state index contributed by atoms with van der Waals surface area (Å²) in [5, 5.41) is 7.59. The second kappa shape index (κ2) is 5.77. The summed E-state index contributed by atoms with van der Waals surface area (Å²) in [6.07, 6.45) is 2.17. The Labute approximate surface area is 121 Å². The van der Waals surface area contributed by atoms with Crippen molar-refractivity contribution in [3.05, 3.63) is 41.2 Å². The van der Waals surface area contributed by atoms with Gasteiger partial charge in [0.05, 0.1) is 6.04 Å². The summed E-state index contributed by atoms with van der Waals surface area (Å²) in [6.45, 7) is 1.25. The maximum absolute atomic E-state index is 14.0. The topological polar surface area (TPSA) is 68.8 Å². The third-order valence-corrected chi connectivity index (χ3v) is 3.60. The second-order valence-corrected chi connectivity index (χ2v) is 5.09. The summed E-state index contributed by atoms with van der Waals surface area (Å²) in [7, 11) is 0. The third-order valence-electron chi connectivity index (χ3n) is 3.60. The summed E-state index contributed by atoms with van der Waals surface area (Å²) in [6, 6.07) is 3.39. The molecule has 7 heteroatoms. The lowest BCUT2D eigenvalue weighted by Crippen LogP contribution is -2.25. The van der Waals surface area contributed by atoms with E-state index in [0.717, 1.165) is 12.5 Å². The van der Waals surface area contributed by atoms with Gasteiger partial charge in [0.15, 0.2) is 5.82 Å². The minimum Gasteiger partial charge on any atom is -0.354 e. The van der Waals surface area contributed by atoms with E-state index in [2.05, 4.69) is 15.4 Å². The molecule has 0 saturated heterocycles. The first-order valence-corrected chi connectivity index (χ1v) is 7.03. The number of nitrogens with zero attached hydrogens (tertiary/aromatic N) is 3. The Hall–Kier alpha value is -2.02. The number of anilines is 1. The van der Waals surface area contributed by atoms with Crippen molar-refractivity contribution in [1.82, 2.24) is 14.8 Å². The van der Waals surface area contributed by atoms with Crippen LogP contribution in [-0.2, 0) is 6.42 Å². The Bertz CT molecular complexity index is 640. The monoisotopic (exact) mass is 293 g/mol. The van der Waals surface area contributed by atoms with Gasteiger partial charge in [0.2, 0.25) is 5.95 Å². The molecule has 1 atom stereocenters. The van der Waals surface area contributed by atoms with Crippen LogP contribution in [0.25, 0.3) is 0 Å². The van der Waals surface area contributed by atoms with Crippen LogP contribution in [0.4, 0.5) is 14.7 Å². The van der Waals surface area contributed by atoms with Crippen LogP contribution in [-0.4, -0.2) is 27.9 Å². The van der Waals surface area contributed by atoms with Gasteiger partial charge in [-0.3, -0.25) is 0 Å². The molecule has 0 spiro atoms. The van der Waals surface area contributed by atoms with Gasteiger partial charge >= 0.3 is 0 Å². The van der Waals surface area contributed by atoms with Gasteiger partial charge in [-0.1, -0.05) is 6.07 Å². The first kappa shape index (κ1) is 13.9. The van der Waals surface area contributed by atoms with E-state index >= 15 is 0 Å². The van der Waals surface area contributed by atoms with Crippen LogP contribution in [0.2, 0.25) is 0 Å². The molecule has 0 fully saturated rings. The van der Waals surface area contributed by atoms with E-state index in [0.29, 0.717) is 43.3 Å². The first-order chi connectivity index (χ1) is 10.2. The fourth-order valence-electron chi connectivity index (χ4n) is 2.57. The number of aromatic nitrogens is 3. The molecule has 0 saturated carbocycles. The number of aryl methyl sites for hydroxylation is 1. The Kier molecular flexibility index (Phi) is 3.83. The van der Waals surface area contributed by atoms with Crippen LogP contribution in [0, 0.1) is 11.6 Å². The van der Waals surface area contributed by atoms with Crippen molar-refractivity contribution in [3.8, 4) is 0 Å². The van der Waals surface area contributed by atoms with Gasteiger partial charge in [0.1, 0.15) is 11.6 Å². The summed E-state index contributed by atoms with van der Waals surface area (Å²) in [4.78, 5) is 4.40. The molecule has 112 valence electrons. The number of nitrogens with one attached hydrogen (secondary N) is 1. The molecule has 5 nitrogen and oxygen atoms in total. The maximum Gasteiger partial charge on any atom is 0.221 e. The standard InChI is InChI=1S/C14H17F2N5/c15-9-3-4-10(11(16)8-9)12-5-7-18-14-19-13(2-1-6-17)20-21(12)14/h3-4,8,12H,1-2,5-7,17H2,(H,18,19,20). The average Bonchev–Trinajstić information content (AvgIpc) is 2.88. The molecule has 0 aliphatic carbocycles. The summed E-state index contributed by atoms with van der Waals surface area (Å²) in [5.41, 5.74) is 5.93. The molecule has 3 rings (SSSR count). The van der Waals surface area contributed by atoms with Crippen molar-refractivity contribution >= 4 is 5.95 Å². The molecule has 2 heterocycles. The molecule has 0 bridgehead atoms. The highest BCUT2D eigenvalue weighted by Crippen LogP contribution is 2.30. The lowest BCUT2D eigenvalue weighted by atomic mass is 10.0. The summed E-state index contributed by atoms with van der Waals surface area (Å²) >= 11 is 0. The third kappa shape index (κ3) is 2.73. The van der Waals surface area contributed by atoms with Gasteiger partial charge in [-0.2, -0.15) is 10.1 Å². The number of halogens is 2. The molecular formula is C14H17F2N5. The van der Waals surface area contributed by atoms with Gasteiger partial charge < -0.3 is 11.1 Å². The number of fused-ring (bicyclic) bond motifs is 1. The fraction of sp³-hybridized carbons (Fsp3) is 0.429. The molecule has 1 aliphatic heterocycles. The quantitative estimate of drug-likeness (QED) is 0.902. The van der Waals surface area contributed by atoms with Crippen molar-refractivity contribution in [2.45, 2.75) is 25.3 Å². The summed E-state index contributed by atoms with van der Waals surface area (Å²) < 4.78 is 28.7. The smallest absolute Gasteiger partial charge is 0.221 e. The van der Waals surface area contributed by atoms with Crippen LogP contribution < -0.4 is 11.1 Å². The predicted molar refractivity (Wildman–Crippen MR) is 75.0 cm³/mol. The number of nitrogens with two attached hydrogens (primary N) is 1. The van der Waals surface area contributed by atoms with Crippen molar-refractivity contribution in [2.75, 3.05) is 18.4 Å². The van der Waals surface area contributed by atoms with Crippen LogP contribution in [0.15, 0.2) is 18.2 Å². The van der Waals surface area contributed by atoms with E-state index in [9.17, 15) is 8.78 Å². The van der Waals surface area contributed by atoms with Gasteiger partial charge in [0.25, 0.3) is 0 Å². The van der Waals surface area contributed by atoms with E-state index in [4.69, 9.17) is 5.73 Å². The molecule has 1 aromatic carbocycles. The van der Waals surface area contributed by atoms with E-state index in [1.54, 1.807) is 4.68 Å². The number of hydrogen-bond donors (Lipinski definition) is 2. The SMILES string of the molecule is NCCCc1nc2n(n1)C(c1ccc(F)cc1F)CCN2. The Morgan fingerprint density at radius 3 is 3.00 bits per heavy atom. The highest BCUT2D eigenvalue weighted by atomic mass is 19.1. The van der Waals surface area contributed by atoms with E-state index in [-0.39, 0.29) is 6.04 Å². The molecular weight excluding hydrogens is 276 g/mol. The lowest BCUT2D eigenvalue weighted by molar-refractivity contribution is 0.451. The highest BCUT2D eigenvalue weighted by Gasteiger charge is 2.26. The molecule has 3 N–H and O–H groups in total. The largest absolute Gasteiger partial charge is 0.354 e. The maximum atomic E-state index is 14.0. The van der Waals surface area contributed by atoms with Crippen molar-refractivity contribution in [3.63, 3.8) is 0 Å². The zero-order valence-electron chi connectivity index (χ0n) is 11.5. The summed E-state index contributed by atoms with van der Waals surface area (Å²) in [5.74, 6) is 0.193. The van der Waals surface area contributed by atoms with Gasteiger partial charge in [-0.25, -0.2) is 13.5 Å². The minimum atomic E-state index is -0.576. The minimum absolute atomic E-state index is 0.263.